The van der Waals surface area contributed by atoms with E-state index in [0.29, 0.717) is 6.42 Å². The first-order chi connectivity index (χ1) is 14.6. The number of hydrogen-bond donors (Lipinski definition) is 0. The lowest BCUT2D eigenvalue weighted by molar-refractivity contribution is 0.349. The molecule has 1 unspecified atom stereocenters. The molecule has 0 aromatic heterocycles. The molecule has 0 radical (unpaired) electrons. The lowest BCUT2D eigenvalue weighted by Gasteiger charge is -2.10. The van der Waals surface area contributed by atoms with Crippen molar-refractivity contribution in [1.29, 1.82) is 0 Å². The summed E-state index contributed by atoms with van der Waals surface area (Å²) in [5.41, 5.74) is -2.22. The highest BCUT2D eigenvalue weighted by molar-refractivity contribution is 7.97. The van der Waals surface area contributed by atoms with Gasteiger partial charge in [-0.25, -0.2) is 26.0 Å². The first kappa shape index (κ1) is 24.9. The van der Waals surface area contributed by atoms with Crippen LogP contribution in [0.15, 0.2) is 87.5 Å². The summed E-state index contributed by atoms with van der Waals surface area (Å²) in [5, 5.41) is 0. The highest BCUT2D eigenvalue weighted by atomic mass is 32.2. The van der Waals surface area contributed by atoms with Crippen LogP contribution in [0, 0.1) is 17.5 Å². The molecule has 0 aliphatic carbocycles. The average molecular weight is 473 g/mol. The SMILES string of the molecule is CCCC(F)S(=O)(=O)[O-].Fc1ccc([S+](c2ccc(F)cc2)c2ccc(F)cc2)cc1. The van der Waals surface area contributed by atoms with Crippen LogP contribution in [0.2, 0.25) is 0 Å². The van der Waals surface area contributed by atoms with Gasteiger partial charge < -0.3 is 4.55 Å². The second-order valence-electron chi connectivity index (χ2n) is 6.36. The van der Waals surface area contributed by atoms with Crippen molar-refractivity contribution < 1.29 is 30.5 Å². The summed E-state index contributed by atoms with van der Waals surface area (Å²) in [6.07, 6.45) is 0.161. The average Bonchev–Trinajstić information content (AvgIpc) is 2.72. The Morgan fingerprint density at radius 2 is 1.03 bits per heavy atom. The second kappa shape index (κ2) is 11.3. The normalized spacial score (nSPS) is 12.2. The summed E-state index contributed by atoms with van der Waals surface area (Å²) in [7, 11) is -5.22. The molecule has 0 bridgehead atoms. The molecule has 0 aliphatic rings. The van der Waals surface area contributed by atoms with Crippen LogP contribution in [0.25, 0.3) is 0 Å². The largest absolute Gasteiger partial charge is 0.746 e. The van der Waals surface area contributed by atoms with E-state index >= 15 is 0 Å². The molecule has 0 fully saturated rings. The molecule has 3 aromatic rings. The molecule has 3 nitrogen and oxygen atoms in total. The maximum absolute atomic E-state index is 13.2. The van der Waals surface area contributed by atoms with Crippen LogP contribution in [-0.2, 0) is 21.0 Å². The molecule has 0 heterocycles. The van der Waals surface area contributed by atoms with Gasteiger partial charge in [0.1, 0.15) is 27.6 Å². The number of hydrogen-bond acceptors (Lipinski definition) is 3. The van der Waals surface area contributed by atoms with E-state index in [1.54, 1.807) is 43.3 Å². The smallest absolute Gasteiger partial charge is 0.189 e. The van der Waals surface area contributed by atoms with E-state index in [0.717, 1.165) is 14.7 Å². The van der Waals surface area contributed by atoms with Crippen molar-refractivity contribution in [3.05, 3.63) is 90.2 Å². The third-order valence-corrected chi connectivity index (χ3v) is 7.07. The molecule has 1 atom stereocenters. The minimum Gasteiger partial charge on any atom is -0.746 e. The lowest BCUT2D eigenvalue weighted by Crippen LogP contribution is -2.14. The van der Waals surface area contributed by atoms with Crippen molar-refractivity contribution in [1.82, 2.24) is 0 Å². The van der Waals surface area contributed by atoms with Gasteiger partial charge in [-0.3, -0.25) is 0 Å². The van der Waals surface area contributed by atoms with Crippen LogP contribution in [0.4, 0.5) is 17.6 Å². The van der Waals surface area contributed by atoms with Crippen LogP contribution in [0.1, 0.15) is 19.8 Å². The predicted octanol–water partition coefficient (Wildman–Crippen LogP) is 5.83. The Kier molecular flexibility index (Phi) is 9.09. The molecule has 9 heteroatoms. The van der Waals surface area contributed by atoms with Gasteiger partial charge in [0, 0.05) is 0 Å². The van der Waals surface area contributed by atoms with Crippen LogP contribution in [0.5, 0.6) is 0 Å². The maximum Gasteiger partial charge on any atom is 0.189 e. The van der Waals surface area contributed by atoms with Gasteiger partial charge in [0.05, 0.1) is 10.9 Å². The van der Waals surface area contributed by atoms with E-state index in [4.69, 9.17) is 0 Å². The third-order valence-electron chi connectivity index (χ3n) is 3.98. The topological polar surface area (TPSA) is 57.2 Å². The molecular weight excluding hydrogens is 452 g/mol. The standard InChI is InChI=1S/C18H12F3S.C4H9FO3S/c19-13-1-7-16(8-2-13)22(17-9-3-14(20)4-10-17)18-11-5-15(21)6-12-18;1-2-3-4(5)9(6,7)8/h1-12H;4H,2-3H2,1H3,(H,6,7,8)/q+1;/p-1. The Morgan fingerprint density at radius 3 is 1.23 bits per heavy atom. The first-order valence-corrected chi connectivity index (χ1v) is 11.9. The van der Waals surface area contributed by atoms with Gasteiger partial charge in [0.25, 0.3) is 0 Å². The van der Waals surface area contributed by atoms with Crippen molar-refractivity contribution in [2.24, 2.45) is 0 Å². The van der Waals surface area contributed by atoms with Crippen molar-refractivity contribution in [2.45, 2.75) is 40.0 Å². The molecule has 0 spiro atoms. The second-order valence-corrected chi connectivity index (χ2v) is 9.88. The van der Waals surface area contributed by atoms with E-state index in [1.807, 2.05) is 0 Å². The zero-order valence-corrected chi connectivity index (χ0v) is 18.1. The Balaban J connectivity index is 0.000000323. The third kappa shape index (κ3) is 7.68. The number of rotatable bonds is 6. The quantitative estimate of drug-likeness (QED) is 0.258. The monoisotopic (exact) mass is 472 g/mol. The van der Waals surface area contributed by atoms with Crippen LogP contribution < -0.4 is 0 Å². The lowest BCUT2D eigenvalue weighted by atomic mass is 10.3. The maximum atomic E-state index is 13.2. The molecule has 3 aromatic carbocycles. The number of halogens is 4. The minimum absolute atomic E-state index is 0.203. The van der Waals surface area contributed by atoms with Gasteiger partial charge in [0.15, 0.2) is 20.2 Å². The number of benzene rings is 3. The summed E-state index contributed by atoms with van der Waals surface area (Å²) in [6, 6.07) is 18.5. The molecular formula is C22H20F4O3S2. The van der Waals surface area contributed by atoms with E-state index in [1.165, 1.54) is 36.4 Å². The summed E-state index contributed by atoms with van der Waals surface area (Å²) < 4.78 is 80.9. The molecule has 0 aliphatic heterocycles. The molecule has 0 saturated carbocycles. The van der Waals surface area contributed by atoms with Crippen LogP contribution in [0.3, 0.4) is 0 Å². The Bertz CT molecular complexity index is 947. The molecule has 0 amide bonds. The first-order valence-electron chi connectivity index (χ1n) is 9.21. The fraction of sp³-hybridized carbons (Fsp3) is 0.182. The molecule has 0 N–H and O–H groups in total. The van der Waals surface area contributed by atoms with Gasteiger partial charge in [-0.1, -0.05) is 13.3 Å². The Morgan fingerprint density at radius 1 is 0.742 bits per heavy atom. The minimum atomic E-state index is -4.68. The summed E-state index contributed by atoms with van der Waals surface area (Å²) in [5.74, 6) is -0.943. The van der Waals surface area contributed by atoms with E-state index in [9.17, 15) is 30.5 Å². The summed E-state index contributed by atoms with van der Waals surface area (Å²) >= 11 is 0. The van der Waals surface area contributed by atoms with Crippen LogP contribution >= 0.6 is 0 Å². The fourth-order valence-electron chi connectivity index (χ4n) is 2.49. The number of alkyl halides is 1. The zero-order valence-electron chi connectivity index (χ0n) is 16.5. The molecule has 166 valence electrons. The van der Waals surface area contributed by atoms with Gasteiger partial charge in [-0.05, 0) is 79.2 Å². The zero-order chi connectivity index (χ0) is 23.0. The molecule has 0 saturated heterocycles. The highest BCUT2D eigenvalue weighted by Crippen LogP contribution is 2.31. The van der Waals surface area contributed by atoms with Gasteiger partial charge in [0.2, 0.25) is 0 Å². The van der Waals surface area contributed by atoms with Crippen molar-refractivity contribution in [3.8, 4) is 0 Å². The molecule has 3 rings (SSSR count). The van der Waals surface area contributed by atoms with E-state index in [2.05, 4.69) is 0 Å². The van der Waals surface area contributed by atoms with Crippen molar-refractivity contribution >= 4 is 21.0 Å². The van der Waals surface area contributed by atoms with E-state index in [-0.39, 0.29) is 23.9 Å². The summed E-state index contributed by atoms with van der Waals surface area (Å²) in [4.78, 5) is 2.67. The molecule has 31 heavy (non-hydrogen) atoms. The Labute approximate surface area is 181 Å². The summed E-state index contributed by atoms with van der Waals surface area (Å²) in [6.45, 7) is 1.61. The van der Waals surface area contributed by atoms with E-state index < -0.39 is 26.5 Å². The highest BCUT2D eigenvalue weighted by Gasteiger charge is 2.28. The van der Waals surface area contributed by atoms with Gasteiger partial charge in [-0.15, -0.1) is 0 Å². The Hall–Kier alpha value is -2.36. The van der Waals surface area contributed by atoms with Gasteiger partial charge in [-0.2, -0.15) is 0 Å². The predicted molar refractivity (Wildman–Crippen MR) is 111 cm³/mol. The van der Waals surface area contributed by atoms with Crippen molar-refractivity contribution in [2.75, 3.05) is 0 Å². The van der Waals surface area contributed by atoms with Crippen molar-refractivity contribution in [3.63, 3.8) is 0 Å². The van der Waals surface area contributed by atoms with Gasteiger partial charge >= 0.3 is 0 Å². The fourth-order valence-corrected chi connectivity index (χ4v) is 5.06. The van der Waals surface area contributed by atoms with Crippen LogP contribution in [-0.4, -0.2) is 18.5 Å².